The fourth-order valence-corrected chi connectivity index (χ4v) is 6.68. The van der Waals surface area contributed by atoms with Crippen molar-refractivity contribution in [2.45, 2.75) is 51.5 Å². The summed E-state index contributed by atoms with van der Waals surface area (Å²) in [5.41, 5.74) is 8.98. The monoisotopic (exact) mass is 470 g/mol. The highest BCUT2D eigenvalue weighted by atomic mass is 15.5. The Morgan fingerprint density at radius 2 is 1.14 bits per heavy atom. The van der Waals surface area contributed by atoms with E-state index in [1.165, 1.54) is 39.1 Å². The molecule has 3 atom stereocenters. The quantitative estimate of drug-likeness (QED) is 0.282. The molecule has 1 fully saturated rings. The summed E-state index contributed by atoms with van der Waals surface area (Å²) in [5.74, 6) is 0. The number of para-hydroxylation sites is 1. The van der Waals surface area contributed by atoms with E-state index >= 15 is 0 Å². The normalized spacial score (nSPS) is 22.7. The molecule has 0 saturated carbocycles. The van der Waals surface area contributed by atoms with Crippen LogP contribution in [0.2, 0.25) is 0 Å². The van der Waals surface area contributed by atoms with Gasteiger partial charge < -0.3 is 4.90 Å². The number of hydrogen-bond donors (Lipinski definition) is 0. The van der Waals surface area contributed by atoms with Crippen LogP contribution >= 0.6 is 0 Å². The zero-order valence-corrected chi connectivity index (χ0v) is 21.6. The third-order valence-electron chi connectivity index (χ3n) is 8.34. The Hall–Kier alpha value is -3.62. The van der Waals surface area contributed by atoms with Gasteiger partial charge in [0.1, 0.15) is 6.17 Å². The van der Waals surface area contributed by atoms with E-state index < -0.39 is 0 Å². The summed E-state index contributed by atoms with van der Waals surface area (Å²) in [4.78, 5) is 5.46. The van der Waals surface area contributed by atoms with Gasteiger partial charge in [0.05, 0.1) is 11.6 Å². The lowest BCUT2D eigenvalue weighted by molar-refractivity contribution is 0.134. The Labute approximate surface area is 215 Å². The van der Waals surface area contributed by atoms with Crippen molar-refractivity contribution in [3.05, 3.63) is 149 Å². The highest BCUT2D eigenvalue weighted by Gasteiger charge is 2.57. The Morgan fingerprint density at radius 3 is 1.72 bits per heavy atom. The van der Waals surface area contributed by atoms with Gasteiger partial charge in [-0.2, -0.15) is 0 Å². The predicted molar refractivity (Wildman–Crippen MR) is 150 cm³/mol. The van der Waals surface area contributed by atoms with Gasteiger partial charge >= 0.3 is 0 Å². The molecule has 4 aromatic carbocycles. The molecule has 1 saturated heterocycles. The maximum absolute atomic E-state index is 2.78. The van der Waals surface area contributed by atoms with Crippen LogP contribution < -0.4 is 4.90 Å². The van der Waals surface area contributed by atoms with E-state index in [9.17, 15) is 0 Å². The SMILES string of the molecule is Cc1ccccc1N1C(c2c(C)cccc2C)N2C(C=CC2(c2ccccc2)c2ccccc2)[C@@H]1C. The Bertz CT molecular complexity index is 1350. The molecular formula is C34H34N2. The molecule has 0 spiro atoms. The molecule has 4 aromatic rings. The molecule has 2 aliphatic heterocycles. The largest absolute Gasteiger partial charge is 0.347 e. The van der Waals surface area contributed by atoms with Crippen LogP contribution in [0, 0.1) is 20.8 Å². The fourth-order valence-electron chi connectivity index (χ4n) is 6.68. The van der Waals surface area contributed by atoms with Crippen LogP contribution in [0.4, 0.5) is 5.69 Å². The maximum Gasteiger partial charge on any atom is 0.111 e. The maximum atomic E-state index is 2.78. The minimum absolute atomic E-state index is 0.0858. The van der Waals surface area contributed by atoms with E-state index in [0.717, 1.165) is 0 Å². The third-order valence-corrected chi connectivity index (χ3v) is 8.34. The molecule has 2 aliphatic rings. The topological polar surface area (TPSA) is 6.48 Å². The summed E-state index contributed by atoms with van der Waals surface area (Å²) >= 11 is 0. The molecule has 0 aliphatic carbocycles. The fraction of sp³-hybridized carbons (Fsp3) is 0.235. The van der Waals surface area contributed by atoms with Crippen molar-refractivity contribution in [3.8, 4) is 0 Å². The number of nitrogens with zero attached hydrogens (tertiary/aromatic N) is 2. The zero-order chi connectivity index (χ0) is 24.9. The molecule has 36 heavy (non-hydrogen) atoms. The van der Waals surface area contributed by atoms with Gasteiger partial charge in [0.15, 0.2) is 0 Å². The number of hydrogen-bond acceptors (Lipinski definition) is 2. The second kappa shape index (κ2) is 8.80. The predicted octanol–water partition coefficient (Wildman–Crippen LogP) is 7.70. The first-order valence-electron chi connectivity index (χ1n) is 13.0. The van der Waals surface area contributed by atoms with Crippen LogP contribution in [0.5, 0.6) is 0 Å². The Kier molecular flexibility index (Phi) is 5.58. The van der Waals surface area contributed by atoms with Crippen molar-refractivity contribution in [1.82, 2.24) is 4.90 Å². The Balaban J connectivity index is 1.66. The number of anilines is 1. The van der Waals surface area contributed by atoms with Crippen molar-refractivity contribution < 1.29 is 0 Å². The molecule has 0 amide bonds. The van der Waals surface area contributed by atoms with E-state index in [0.29, 0.717) is 6.04 Å². The molecule has 2 unspecified atom stereocenters. The van der Waals surface area contributed by atoms with Gasteiger partial charge in [-0.1, -0.05) is 109 Å². The molecule has 0 bridgehead atoms. The summed E-state index contributed by atoms with van der Waals surface area (Å²) in [5, 5.41) is 0. The summed E-state index contributed by atoms with van der Waals surface area (Å²) in [6, 6.07) is 38.3. The van der Waals surface area contributed by atoms with Gasteiger partial charge in [-0.15, -0.1) is 0 Å². The van der Waals surface area contributed by atoms with Gasteiger partial charge in [0.2, 0.25) is 0 Å². The second-order valence-electron chi connectivity index (χ2n) is 10.4. The number of fused-ring (bicyclic) bond motifs is 1. The standard InChI is InChI=1S/C34H34N2/c1-24-14-11-12-21-30(24)35-27(4)31-22-23-34(28-17-7-5-8-18-28,29-19-9-6-10-20-29)36(31)33(35)32-25(2)15-13-16-26(32)3/h5-23,27,31,33H,1-4H3/t27-,31?,33?/m0/s1. The number of rotatable bonds is 4. The summed E-state index contributed by atoms with van der Waals surface area (Å²) in [7, 11) is 0. The van der Waals surface area contributed by atoms with E-state index in [1.807, 2.05) is 0 Å². The van der Waals surface area contributed by atoms with Crippen LogP contribution in [0.1, 0.15) is 46.5 Å². The average molecular weight is 471 g/mol. The molecule has 0 radical (unpaired) electrons. The Morgan fingerprint density at radius 1 is 0.611 bits per heavy atom. The summed E-state index contributed by atoms with van der Waals surface area (Å²) in [6.45, 7) is 9.18. The first kappa shape index (κ1) is 22.8. The van der Waals surface area contributed by atoms with Gasteiger partial charge in [-0.3, -0.25) is 4.90 Å². The van der Waals surface area contributed by atoms with Crippen LogP contribution in [0.3, 0.4) is 0 Å². The van der Waals surface area contributed by atoms with Crippen LogP contribution in [0.15, 0.2) is 115 Å². The zero-order valence-electron chi connectivity index (χ0n) is 21.6. The van der Waals surface area contributed by atoms with Crippen molar-refractivity contribution in [2.24, 2.45) is 0 Å². The van der Waals surface area contributed by atoms with Gasteiger partial charge in [-0.25, -0.2) is 0 Å². The molecular weight excluding hydrogens is 436 g/mol. The second-order valence-corrected chi connectivity index (χ2v) is 10.4. The van der Waals surface area contributed by atoms with Crippen LogP contribution in [-0.2, 0) is 5.54 Å². The van der Waals surface area contributed by atoms with Crippen molar-refractivity contribution in [1.29, 1.82) is 0 Å². The number of aryl methyl sites for hydroxylation is 3. The lowest BCUT2D eigenvalue weighted by atomic mass is 9.81. The molecule has 0 N–H and O–H groups in total. The molecule has 2 heterocycles. The molecule has 0 aromatic heterocycles. The van der Waals surface area contributed by atoms with Crippen molar-refractivity contribution in [2.75, 3.05) is 4.90 Å². The highest BCUT2D eigenvalue weighted by molar-refractivity contribution is 5.61. The minimum Gasteiger partial charge on any atom is -0.347 e. The highest BCUT2D eigenvalue weighted by Crippen LogP contribution is 2.55. The van der Waals surface area contributed by atoms with E-state index in [-0.39, 0.29) is 17.7 Å². The van der Waals surface area contributed by atoms with Gasteiger partial charge in [0.25, 0.3) is 0 Å². The average Bonchev–Trinajstić information content (AvgIpc) is 3.43. The smallest absolute Gasteiger partial charge is 0.111 e. The molecule has 6 rings (SSSR count). The number of benzene rings is 4. The summed E-state index contributed by atoms with van der Waals surface area (Å²) in [6.07, 6.45) is 5.01. The molecule has 2 nitrogen and oxygen atoms in total. The lowest BCUT2D eigenvalue weighted by Crippen LogP contribution is -2.47. The van der Waals surface area contributed by atoms with Crippen molar-refractivity contribution >= 4 is 5.69 Å². The van der Waals surface area contributed by atoms with E-state index in [2.05, 4.69) is 153 Å². The van der Waals surface area contributed by atoms with E-state index in [4.69, 9.17) is 0 Å². The third kappa shape index (κ3) is 3.28. The first-order chi connectivity index (χ1) is 17.5. The summed E-state index contributed by atoms with van der Waals surface area (Å²) < 4.78 is 0. The van der Waals surface area contributed by atoms with Gasteiger partial charge in [0, 0.05) is 11.7 Å². The van der Waals surface area contributed by atoms with Crippen LogP contribution in [-0.4, -0.2) is 17.0 Å². The van der Waals surface area contributed by atoms with Crippen molar-refractivity contribution in [3.63, 3.8) is 0 Å². The van der Waals surface area contributed by atoms with E-state index in [1.54, 1.807) is 0 Å². The lowest BCUT2D eigenvalue weighted by Gasteiger charge is -2.45. The molecule has 2 heteroatoms. The first-order valence-corrected chi connectivity index (χ1v) is 13.0. The van der Waals surface area contributed by atoms with Crippen LogP contribution in [0.25, 0.3) is 0 Å². The molecule has 180 valence electrons. The van der Waals surface area contributed by atoms with Gasteiger partial charge in [-0.05, 0) is 67.1 Å². The minimum atomic E-state index is -0.363.